The van der Waals surface area contributed by atoms with E-state index in [4.69, 9.17) is 14.6 Å². The molecule has 2 aliphatic heterocycles. The molecule has 2 saturated heterocycles. The van der Waals surface area contributed by atoms with Crippen LogP contribution >= 0.6 is 0 Å². The van der Waals surface area contributed by atoms with Crippen molar-refractivity contribution in [3.8, 4) is 5.75 Å². The number of piperazine rings is 1. The number of carboxylic acids is 1. The summed E-state index contributed by atoms with van der Waals surface area (Å²) in [6.45, 7) is 3.13. The second-order valence-electron chi connectivity index (χ2n) is 13.7. The summed E-state index contributed by atoms with van der Waals surface area (Å²) >= 11 is 0. The monoisotopic (exact) mass is 769 g/mol. The molecule has 0 bridgehead atoms. The third-order valence-corrected chi connectivity index (χ3v) is 9.59. The molecule has 0 radical (unpaired) electrons. The van der Waals surface area contributed by atoms with Gasteiger partial charge in [0.1, 0.15) is 23.7 Å². The van der Waals surface area contributed by atoms with Crippen LogP contribution in [0.4, 0.5) is 28.9 Å². The molecule has 2 atom stereocenters. The van der Waals surface area contributed by atoms with Gasteiger partial charge in [-0.25, -0.2) is 9.18 Å². The first-order chi connectivity index (χ1) is 26.2. The number of benzene rings is 3. The molecule has 6 rings (SSSR count). The van der Waals surface area contributed by atoms with E-state index < -0.39 is 41.7 Å². The maximum absolute atomic E-state index is 14.5. The normalized spacial score (nSPS) is 18.8. The number of nitrogens with one attached hydrogen (secondary N) is 3. The van der Waals surface area contributed by atoms with E-state index in [1.54, 1.807) is 30.3 Å². The molecular formula is C39H43F4N5O7. The van der Waals surface area contributed by atoms with Crippen molar-refractivity contribution in [3.05, 3.63) is 89.2 Å². The summed E-state index contributed by atoms with van der Waals surface area (Å²) in [6.07, 6.45) is 1.44. The summed E-state index contributed by atoms with van der Waals surface area (Å²) in [7, 11) is 0. The highest BCUT2D eigenvalue weighted by atomic mass is 19.4. The van der Waals surface area contributed by atoms with Crippen LogP contribution in [0.3, 0.4) is 0 Å². The Morgan fingerprint density at radius 3 is 2.18 bits per heavy atom. The molecule has 0 spiro atoms. The standard InChI is InChI=1S/C37H42FN5O5.C2HF3O2/c1-24(44)40-30-19-27(18-28(38)21-30)36(46)42-16-17-43(33(23-42)35(45)41-29-10-6-3-7-11-29)37(47)26-12-13-34(48-31-14-15-39-22-31)32(20-26)25-8-4-2-5-9-25;3-2(4,5)1(6)7/h3,6-7,10-13,18-21,25,31,33,39H,2,4-5,8-9,14-17,22-23H2,1H3,(H,40,44)(H,41,45);(H,6,7)/t31-,33?;/m0./s1. The number of amides is 4. The lowest BCUT2D eigenvalue weighted by Crippen LogP contribution is -2.60. The number of carboxylic acid groups (broad SMARTS) is 1. The summed E-state index contributed by atoms with van der Waals surface area (Å²) in [5, 5.41) is 15.9. The summed E-state index contributed by atoms with van der Waals surface area (Å²) in [5.74, 6) is -3.98. The Hall–Kier alpha value is -5.51. The molecule has 0 aromatic heterocycles. The Morgan fingerprint density at radius 1 is 0.836 bits per heavy atom. The van der Waals surface area contributed by atoms with Crippen molar-refractivity contribution >= 4 is 41.0 Å². The van der Waals surface area contributed by atoms with Gasteiger partial charge >= 0.3 is 12.1 Å². The Bertz CT molecular complexity index is 1860. The van der Waals surface area contributed by atoms with Crippen molar-refractivity contribution in [3.63, 3.8) is 0 Å². The van der Waals surface area contributed by atoms with Gasteiger partial charge in [0.15, 0.2) is 0 Å². The molecule has 294 valence electrons. The quantitative estimate of drug-likeness (QED) is 0.209. The first-order valence-electron chi connectivity index (χ1n) is 18.1. The van der Waals surface area contributed by atoms with Crippen LogP contribution < -0.4 is 20.7 Å². The lowest BCUT2D eigenvalue weighted by molar-refractivity contribution is -0.192. The number of para-hydroxylation sites is 1. The highest BCUT2D eigenvalue weighted by Crippen LogP contribution is 2.39. The topological polar surface area (TPSA) is 157 Å². The van der Waals surface area contributed by atoms with Crippen LogP contribution in [0.2, 0.25) is 0 Å². The van der Waals surface area contributed by atoms with Gasteiger partial charge in [0.05, 0.1) is 6.54 Å². The second kappa shape index (κ2) is 18.2. The molecule has 4 amide bonds. The fraction of sp³-hybridized carbons (Fsp3) is 0.410. The zero-order valence-corrected chi connectivity index (χ0v) is 30.2. The van der Waals surface area contributed by atoms with E-state index in [0.717, 1.165) is 68.6 Å². The number of anilines is 2. The Morgan fingerprint density at radius 2 is 1.55 bits per heavy atom. The third kappa shape index (κ3) is 11.0. The van der Waals surface area contributed by atoms with Gasteiger partial charge in [-0.1, -0.05) is 37.5 Å². The second-order valence-corrected chi connectivity index (χ2v) is 13.7. The van der Waals surface area contributed by atoms with Crippen molar-refractivity contribution in [2.24, 2.45) is 0 Å². The molecule has 16 heteroatoms. The van der Waals surface area contributed by atoms with Crippen molar-refractivity contribution < 1.29 is 51.4 Å². The molecule has 3 aliphatic rings. The fourth-order valence-corrected chi connectivity index (χ4v) is 6.95. The summed E-state index contributed by atoms with van der Waals surface area (Å²) in [6, 6.07) is 17.2. The third-order valence-electron chi connectivity index (χ3n) is 9.59. The molecule has 3 fully saturated rings. The van der Waals surface area contributed by atoms with Gasteiger partial charge in [0, 0.05) is 49.1 Å². The number of ether oxygens (including phenoxy) is 1. The molecule has 2 heterocycles. The Labute approximate surface area is 315 Å². The molecular weight excluding hydrogens is 726 g/mol. The summed E-state index contributed by atoms with van der Waals surface area (Å²) in [4.78, 5) is 65.2. The van der Waals surface area contributed by atoms with Gasteiger partial charge in [-0.2, -0.15) is 13.2 Å². The van der Waals surface area contributed by atoms with Gasteiger partial charge in [0.25, 0.3) is 11.8 Å². The van der Waals surface area contributed by atoms with Gasteiger partial charge in [0.2, 0.25) is 11.8 Å². The van der Waals surface area contributed by atoms with Crippen LogP contribution in [-0.4, -0.2) is 95.6 Å². The number of alkyl halides is 3. The van der Waals surface area contributed by atoms with Crippen molar-refractivity contribution in [2.75, 3.05) is 43.4 Å². The van der Waals surface area contributed by atoms with Crippen LogP contribution in [0.5, 0.6) is 5.75 Å². The summed E-state index contributed by atoms with van der Waals surface area (Å²) < 4.78 is 52.6. The first kappa shape index (κ1) is 40.7. The number of carbonyl (C=O) groups excluding carboxylic acids is 4. The van der Waals surface area contributed by atoms with Gasteiger partial charge < -0.3 is 35.6 Å². The van der Waals surface area contributed by atoms with E-state index in [1.807, 2.05) is 18.2 Å². The average Bonchev–Trinajstić information content (AvgIpc) is 3.67. The minimum absolute atomic E-state index is 0.0333. The number of halogens is 4. The Kier molecular flexibility index (Phi) is 13.5. The lowest BCUT2D eigenvalue weighted by Gasteiger charge is -2.40. The SMILES string of the molecule is CC(=O)Nc1cc(F)cc(C(=O)N2CCN(C(=O)c3ccc(O[C@H]4CCNC4)c(C4CCCCC4)c3)C(C(=O)Nc3ccccc3)C2)c1.O=C(O)C(F)(F)F. The number of hydrogen-bond donors (Lipinski definition) is 4. The molecule has 3 aromatic carbocycles. The number of nitrogens with zero attached hydrogens (tertiary/aromatic N) is 2. The van der Waals surface area contributed by atoms with Crippen LogP contribution in [0.1, 0.15) is 77.6 Å². The largest absolute Gasteiger partial charge is 0.490 e. The molecule has 3 aromatic rings. The fourth-order valence-electron chi connectivity index (χ4n) is 6.95. The average molecular weight is 770 g/mol. The van der Waals surface area contributed by atoms with E-state index in [2.05, 4.69) is 16.0 Å². The minimum atomic E-state index is -5.08. The number of aliphatic carboxylic acids is 1. The van der Waals surface area contributed by atoms with Crippen molar-refractivity contribution in [1.29, 1.82) is 0 Å². The smallest absolute Gasteiger partial charge is 0.489 e. The maximum atomic E-state index is 14.5. The van der Waals surface area contributed by atoms with E-state index in [1.165, 1.54) is 29.2 Å². The van der Waals surface area contributed by atoms with Crippen LogP contribution in [0, 0.1) is 5.82 Å². The zero-order valence-electron chi connectivity index (χ0n) is 30.2. The highest BCUT2D eigenvalue weighted by molar-refractivity contribution is 6.03. The minimum Gasteiger partial charge on any atom is -0.489 e. The van der Waals surface area contributed by atoms with Crippen LogP contribution in [0.25, 0.3) is 0 Å². The molecule has 4 N–H and O–H groups in total. The molecule has 1 saturated carbocycles. The van der Waals surface area contributed by atoms with Gasteiger partial charge in [-0.05, 0) is 85.8 Å². The van der Waals surface area contributed by atoms with E-state index in [9.17, 15) is 36.7 Å². The van der Waals surface area contributed by atoms with Crippen LogP contribution in [0.15, 0.2) is 66.7 Å². The highest BCUT2D eigenvalue weighted by Gasteiger charge is 2.39. The molecule has 1 aliphatic carbocycles. The number of carbonyl (C=O) groups is 5. The zero-order chi connectivity index (χ0) is 39.7. The molecule has 12 nitrogen and oxygen atoms in total. The van der Waals surface area contributed by atoms with E-state index in [-0.39, 0.29) is 48.8 Å². The maximum Gasteiger partial charge on any atom is 0.490 e. The van der Waals surface area contributed by atoms with E-state index in [0.29, 0.717) is 11.3 Å². The first-order valence-corrected chi connectivity index (χ1v) is 18.1. The predicted molar refractivity (Wildman–Crippen MR) is 194 cm³/mol. The lowest BCUT2D eigenvalue weighted by atomic mass is 9.83. The molecule has 1 unspecified atom stereocenters. The van der Waals surface area contributed by atoms with Gasteiger partial charge in [-0.15, -0.1) is 0 Å². The van der Waals surface area contributed by atoms with E-state index >= 15 is 0 Å². The molecule has 55 heavy (non-hydrogen) atoms. The predicted octanol–water partition coefficient (Wildman–Crippen LogP) is 5.81. The summed E-state index contributed by atoms with van der Waals surface area (Å²) in [5.41, 5.74) is 2.25. The van der Waals surface area contributed by atoms with Crippen molar-refractivity contribution in [1.82, 2.24) is 15.1 Å². The van der Waals surface area contributed by atoms with Gasteiger partial charge in [-0.3, -0.25) is 19.2 Å². The number of rotatable bonds is 8. The Balaban J connectivity index is 0.000000757. The number of hydrogen-bond acceptors (Lipinski definition) is 7. The van der Waals surface area contributed by atoms with Crippen LogP contribution in [-0.2, 0) is 14.4 Å². The van der Waals surface area contributed by atoms with Crippen molar-refractivity contribution in [2.45, 2.75) is 69.7 Å².